The summed E-state index contributed by atoms with van der Waals surface area (Å²) >= 11 is 13.8. The van der Waals surface area contributed by atoms with Crippen molar-refractivity contribution in [1.29, 1.82) is 0 Å². The van der Waals surface area contributed by atoms with Gasteiger partial charge in [0, 0.05) is 0 Å². The standard InChI is InChI=1S/C23H25Cl2N5OS/c1-16(22(31)26-21-18(24)10-7-11-19(21)25)32-23-28-27-20(15-29-12-5-6-13-29)30(23)14-17-8-3-2-4-9-17/h2-4,7-11,16H,5-6,12-15H2,1H3,(H,26,31). The Morgan fingerprint density at radius 2 is 1.72 bits per heavy atom. The van der Waals surface area contributed by atoms with Crippen LogP contribution in [0.25, 0.3) is 0 Å². The number of anilines is 1. The molecule has 1 aromatic heterocycles. The second-order valence-electron chi connectivity index (χ2n) is 7.80. The maximum absolute atomic E-state index is 12.9. The topological polar surface area (TPSA) is 63.1 Å². The highest BCUT2D eigenvalue weighted by Gasteiger charge is 2.23. The molecule has 6 nitrogen and oxygen atoms in total. The van der Waals surface area contributed by atoms with Crippen LogP contribution in [0.2, 0.25) is 10.0 Å². The van der Waals surface area contributed by atoms with Crippen LogP contribution in [0.3, 0.4) is 0 Å². The summed E-state index contributed by atoms with van der Waals surface area (Å²) in [6.45, 7) is 5.42. The van der Waals surface area contributed by atoms with Gasteiger partial charge in [0.25, 0.3) is 0 Å². The van der Waals surface area contributed by atoms with E-state index in [2.05, 4.69) is 37.1 Å². The maximum atomic E-state index is 12.9. The fourth-order valence-electron chi connectivity index (χ4n) is 3.64. The fraction of sp³-hybridized carbons (Fsp3) is 0.348. The van der Waals surface area contributed by atoms with Crippen molar-refractivity contribution < 1.29 is 4.79 Å². The summed E-state index contributed by atoms with van der Waals surface area (Å²) in [6.07, 6.45) is 2.44. The number of rotatable bonds is 8. The van der Waals surface area contributed by atoms with E-state index in [1.54, 1.807) is 18.2 Å². The number of carbonyl (C=O) groups is 1. The average Bonchev–Trinajstić information content (AvgIpc) is 3.43. The smallest absolute Gasteiger partial charge is 0.237 e. The first kappa shape index (κ1) is 23.1. The van der Waals surface area contributed by atoms with E-state index in [0.717, 1.165) is 36.2 Å². The molecule has 1 fully saturated rings. The maximum Gasteiger partial charge on any atom is 0.237 e. The van der Waals surface area contributed by atoms with Crippen LogP contribution in [0.1, 0.15) is 31.2 Å². The SMILES string of the molecule is CC(Sc1nnc(CN2CCCC2)n1Cc1ccccc1)C(=O)Nc1c(Cl)cccc1Cl. The molecule has 9 heteroatoms. The summed E-state index contributed by atoms with van der Waals surface area (Å²) in [5.74, 6) is 0.723. The first-order valence-electron chi connectivity index (χ1n) is 10.6. The summed E-state index contributed by atoms with van der Waals surface area (Å²) in [5, 5.41) is 12.9. The number of halogens is 2. The molecule has 1 saturated heterocycles. The van der Waals surface area contributed by atoms with Crippen LogP contribution in [-0.4, -0.2) is 43.9 Å². The molecule has 0 aliphatic carbocycles. The summed E-state index contributed by atoms with van der Waals surface area (Å²) < 4.78 is 2.12. The molecule has 3 aromatic rings. The number of likely N-dealkylation sites (tertiary alicyclic amines) is 1. The fourth-order valence-corrected chi connectivity index (χ4v) is 5.00. The van der Waals surface area contributed by atoms with Gasteiger partial charge in [-0.15, -0.1) is 10.2 Å². The molecule has 32 heavy (non-hydrogen) atoms. The lowest BCUT2D eigenvalue weighted by Crippen LogP contribution is -2.24. The Labute approximate surface area is 202 Å². The minimum Gasteiger partial charge on any atom is -0.323 e. The molecular formula is C23H25Cl2N5OS. The van der Waals surface area contributed by atoms with Crippen LogP contribution < -0.4 is 5.32 Å². The molecule has 4 rings (SSSR count). The molecular weight excluding hydrogens is 465 g/mol. The first-order chi connectivity index (χ1) is 15.5. The Balaban J connectivity index is 1.52. The zero-order valence-corrected chi connectivity index (χ0v) is 20.1. The van der Waals surface area contributed by atoms with Gasteiger partial charge in [-0.3, -0.25) is 9.69 Å². The lowest BCUT2D eigenvalue weighted by Gasteiger charge is -2.17. The third-order valence-corrected chi connectivity index (χ3v) is 7.11. The van der Waals surface area contributed by atoms with Gasteiger partial charge in [0.05, 0.1) is 34.1 Å². The molecule has 2 aromatic carbocycles. The molecule has 1 atom stereocenters. The van der Waals surface area contributed by atoms with E-state index in [1.807, 2.05) is 25.1 Å². The number of nitrogens with zero attached hydrogens (tertiary/aromatic N) is 4. The highest BCUT2D eigenvalue weighted by molar-refractivity contribution is 8.00. The van der Waals surface area contributed by atoms with Crippen molar-refractivity contribution in [2.75, 3.05) is 18.4 Å². The Kier molecular flexibility index (Phi) is 7.73. The van der Waals surface area contributed by atoms with Crippen LogP contribution in [0.4, 0.5) is 5.69 Å². The van der Waals surface area contributed by atoms with E-state index in [4.69, 9.17) is 23.2 Å². The normalized spacial score (nSPS) is 15.1. The molecule has 1 unspecified atom stereocenters. The summed E-state index contributed by atoms with van der Waals surface area (Å²) in [6, 6.07) is 15.4. The average molecular weight is 490 g/mol. The number of carbonyl (C=O) groups excluding carboxylic acids is 1. The third kappa shape index (κ3) is 5.64. The molecule has 1 N–H and O–H groups in total. The largest absolute Gasteiger partial charge is 0.323 e. The van der Waals surface area contributed by atoms with Crippen LogP contribution in [-0.2, 0) is 17.9 Å². The van der Waals surface area contributed by atoms with Gasteiger partial charge in [0.1, 0.15) is 5.82 Å². The third-order valence-electron chi connectivity index (χ3n) is 5.40. The molecule has 1 amide bonds. The van der Waals surface area contributed by atoms with Gasteiger partial charge >= 0.3 is 0 Å². The molecule has 168 valence electrons. The lowest BCUT2D eigenvalue weighted by atomic mass is 10.2. The van der Waals surface area contributed by atoms with E-state index >= 15 is 0 Å². The minimum absolute atomic E-state index is 0.194. The minimum atomic E-state index is -0.416. The van der Waals surface area contributed by atoms with Crippen molar-refractivity contribution in [2.24, 2.45) is 0 Å². The van der Waals surface area contributed by atoms with Crippen molar-refractivity contribution in [2.45, 2.75) is 43.3 Å². The van der Waals surface area contributed by atoms with Crippen molar-refractivity contribution in [3.63, 3.8) is 0 Å². The van der Waals surface area contributed by atoms with E-state index in [0.29, 0.717) is 22.3 Å². The summed E-state index contributed by atoms with van der Waals surface area (Å²) in [7, 11) is 0. The number of aromatic nitrogens is 3. The molecule has 0 bridgehead atoms. The molecule has 2 heterocycles. The zero-order chi connectivity index (χ0) is 22.5. The first-order valence-corrected chi connectivity index (χ1v) is 12.2. The van der Waals surface area contributed by atoms with Gasteiger partial charge in [0.2, 0.25) is 5.91 Å². The van der Waals surface area contributed by atoms with Gasteiger partial charge < -0.3 is 9.88 Å². The molecule has 0 radical (unpaired) electrons. The number of amides is 1. The van der Waals surface area contributed by atoms with Gasteiger partial charge in [-0.05, 0) is 50.6 Å². The Morgan fingerprint density at radius 1 is 1.03 bits per heavy atom. The van der Waals surface area contributed by atoms with Crippen molar-refractivity contribution in [3.8, 4) is 0 Å². The Morgan fingerprint density at radius 3 is 2.41 bits per heavy atom. The Bertz CT molecular complexity index is 1050. The van der Waals surface area contributed by atoms with Crippen molar-refractivity contribution in [1.82, 2.24) is 19.7 Å². The molecule has 0 saturated carbocycles. The van der Waals surface area contributed by atoms with Crippen molar-refractivity contribution >= 4 is 46.6 Å². The van der Waals surface area contributed by atoms with Gasteiger partial charge in [0.15, 0.2) is 5.16 Å². The van der Waals surface area contributed by atoms with Gasteiger partial charge in [-0.2, -0.15) is 0 Å². The summed E-state index contributed by atoms with van der Waals surface area (Å²) in [5.41, 5.74) is 1.59. The molecule has 1 aliphatic rings. The van der Waals surface area contributed by atoms with Crippen LogP contribution >= 0.6 is 35.0 Å². The van der Waals surface area contributed by atoms with E-state index < -0.39 is 5.25 Å². The van der Waals surface area contributed by atoms with Crippen molar-refractivity contribution in [3.05, 3.63) is 70.0 Å². The number of hydrogen-bond acceptors (Lipinski definition) is 5. The second kappa shape index (κ2) is 10.7. The van der Waals surface area contributed by atoms with E-state index in [1.165, 1.54) is 24.6 Å². The van der Waals surface area contributed by atoms with Gasteiger partial charge in [-0.1, -0.05) is 71.4 Å². The molecule has 0 spiro atoms. The van der Waals surface area contributed by atoms with Crippen LogP contribution in [0.15, 0.2) is 53.7 Å². The number of thioether (sulfide) groups is 1. The number of para-hydroxylation sites is 1. The predicted molar refractivity (Wildman–Crippen MR) is 130 cm³/mol. The highest BCUT2D eigenvalue weighted by atomic mass is 35.5. The summed E-state index contributed by atoms with van der Waals surface area (Å²) in [4.78, 5) is 15.3. The second-order valence-corrected chi connectivity index (χ2v) is 9.92. The zero-order valence-electron chi connectivity index (χ0n) is 17.8. The van der Waals surface area contributed by atoms with E-state index in [-0.39, 0.29) is 5.91 Å². The monoisotopic (exact) mass is 489 g/mol. The number of benzene rings is 2. The molecule has 1 aliphatic heterocycles. The Hall–Kier alpha value is -2.06. The van der Waals surface area contributed by atoms with E-state index in [9.17, 15) is 4.79 Å². The predicted octanol–water partition coefficient (Wildman–Crippen LogP) is 5.35. The number of nitrogens with one attached hydrogen (secondary N) is 1. The lowest BCUT2D eigenvalue weighted by molar-refractivity contribution is -0.115. The number of hydrogen-bond donors (Lipinski definition) is 1. The highest BCUT2D eigenvalue weighted by Crippen LogP contribution is 2.31. The van der Waals surface area contributed by atoms with Crippen LogP contribution in [0, 0.1) is 0 Å². The van der Waals surface area contributed by atoms with Gasteiger partial charge in [-0.25, -0.2) is 0 Å². The quantitative estimate of drug-likeness (QED) is 0.432. The van der Waals surface area contributed by atoms with Crippen LogP contribution in [0.5, 0.6) is 0 Å².